The third-order valence-corrected chi connectivity index (χ3v) is 3.73. The van der Waals surface area contributed by atoms with Gasteiger partial charge in [-0.3, -0.25) is 9.36 Å². The number of hydrogen-bond donors (Lipinski definition) is 0. The number of alkyl halides is 1. The van der Waals surface area contributed by atoms with Gasteiger partial charge in [0.15, 0.2) is 0 Å². The highest BCUT2D eigenvalue weighted by atomic mass is 35.5. The average molecular weight is 281 g/mol. The molecule has 0 atom stereocenters. The van der Waals surface area contributed by atoms with Crippen molar-refractivity contribution in [2.45, 2.75) is 46.0 Å². The van der Waals surface area contributed by atoms with Crippen molar-refractivity contribution < 1.29 is 0 Å². The number of nitrogens with zero attached hydrogens (tertiary/aromatic N) is 4. The van der Waals surface area contributed by atoms with E-state index in [2.05, 4.69) is 29.7 Å². The van der Waals surface area contributed by atoms with Crippen LogP contribution in [0.4, 0.5) is 0 Å². The fraction of sp³-hybridized carbons (Fsp3) is 0.571. The summed E-state index contributed by atoms with van der Waals surface area (Å²) in [5, 5.41) is 9.09. The van der Waals surface area contributed by atoms with E-state index in [1.165, 1.54) is 17.0 Å². The maximum Gasteiger partial charge on any atom is 0.0831 e. The number of rotatable bonds is 5. The summed E-state index contributed by atoms with van der Waals surface area (Å²) in [4.78, 5) is 0. The molecule has 4 nitrogen and oxygen atoms in total. The van der Waals surface area contributed by atoms with Gasteiger partial charge < -0.3 is 0 Å². The second kappa shape index (κ2) is 5.78. The van der Waals surface area contributed by atoms with Gasteiger partial charge in [0, 0.05) is 18.3 Å². The molecule has 0 saturated carbocycles. The van der Waals surface area contributed by atoms with E-state index < -0.39 is 0 Å². The molecule has 0 N–H and O–H groups in total. The lowest BCUT2D eigenvalue weighted by atomic mass is 10.1. The first kappa shape index (κ1) is 14.1. The van der Waals surface area contributed by atoms with Crippen molar-refractivity contribution >= 4 is 11.6 Å². The van der Waals surface area contributed by atoms with Gasteiger partial charge in [0.05, 0.1) is 29.5 Å². The number of halogens is 1. The number of hydrogen-bond acceptors (Lipinski definition) is 2. The Balaban J connectivity index is 2.39. The van der Waals surface area contributed by atoms with Crippen LogP contribution in [-0.4, -0.2) is 19.6 Å². The summed E-state index contributed by atoms with van der Waals surface area (Å²) in [6.45, 7) is 7.03. The molecule has 0 aromatic carbocycles. The molecule has 2 aromatic heterocycles. The van der Waals surface area contributed by atoms with Gasteiger partial charge in [0.25, 0.3) is 0 Å². The first-order valence-corrected chi connectivity index (χ1v) is 7.27. The van der Waals surface area contributed by atoms with Gasteiger partial charge in [0.1, 0.15) is 0 Å². The first-order valence-electron chi connectivity index (χ1n) is 6.73. The lowest BCUT2D eigenvalue weighted by molar-refractivity contribution is 0.592. The van der Waals surface area contributed by atoms with Crippen molar-refractivity contribution in [2.24, 2.45) is 7.05 Å². The zero-order valence-electron chi connectivity index (χ0n) is 12.1. The van der Waals surface area contributed by atoms with Gasteiger partial charge >= 0.3 is 0 Å². The van der Waals surface area contributed by atoms with Crippen LogP contribution in [0.3, 0.4) is 0 Å². The zero-order chi connectivity index (χ0) is 14.0. The Bertz CT molecular complexity index is 568. The van der Waals surface area contributed by atoms with Gasteiger partial charge in [-0.15, -0.1) is 11.6 Å². The smallest absolute Gasteiger partial charge is 0.0831 e. The molecule has 0 amide bonds. The normalized spacial score (nSPS) is 11.2. The standard InChI is InChI=1S/C14H21ClN4/c1-5-13-12(8-15)14(6-2)19(17-13)9-11-7-10(3)16-18(11)4/h7H,5-6,8-9H2,1-4H3. The molecule has 0 spiro atoms. The summed E-state index contributed by atoms with van der Waals surface area (Å²) in [5.41, 5.74) is 5.76. The van der Waals surface area contributed by atoms with Crippen LogP contribution in [0.15, 0.2) is 6.07 Å². The highest BCUT2D eigenvalue weighted by molar-refractivity contribution is 6.17. The maximum atomic E-state index is 6.08. The van der Waals surface area contributed by atoms with Crippen molar-refractivity contribution in [1.29, 1.82) is 0 Å². The van der Waals surface area contributed by atoms with Crippen LogP contribution in [0.2, 0.25) is 0 Å². The summed E-state index contributed by atoms with van der Waals surface area (Å²) >= 11 is 6.08. The summed E-state index contributed by atoms with van der Waals surface area (Å²) < 4.78 is 4.00. The predicted molar refractivity (Wildman–Crippen MR) is 77.6 cm³/mol. The molecule has 0 fully saturated rings. The number of aryl methyl sites for hydroxylation is 3. The van der Waals surface area contributed by atoms with E-state index >= 15 is 0 Å². The van der Waals surface area contributed by atoms with Gasteiger partial charge in [-0.25, -0.2) is 0 Å². The molecular weight excluding hydrogens is 260 g/mol. The molecule has 19 heavy (non-hydrogen) atoms. The van der Waals surface area contributed by atoms with Crippen LogP contribution in [0, 0.1) is 6.92 Å². The Morgan fingerprint density at radius 2 is 1.95 bits per heavy atom. The minimum Gasteiger partial charge on any atom is -0.270 e. The van der Waals surface area contributed by atoms with E-state index in [9.17, 15) is 0 Å². The van der Waals surface area contributed by atoms with Crippen molar-refractivity contribution in [1.82, 2.24) is 19.6 Å². The molecule has 5 heteroatoms. The molecule has 2 aromatic rings. The number of aromatic nitrogens is 4. The van der Waals surface area contributed by atoms with Crippen LogP contribution < -0.4 is 0 Å². The Morgan fingerprint density at radius 3 is 2.42 bits per heavy atom. The second-order valence-electron chi connectivity index (χ2n) is 4.77. The molecule has 0 aliphatic rings. The topological polar surface area (TPSA) is 35.6 Å². The molecular formula is C14H21ClN4. The van der Waals surface area contributed by atoms with Gasteiger partial charge in [-0.1, -0.05) is 13.8 Å². The fourth-order valence-corrected chi connectivity index (χ4v) is 2.83. The highest BCUT2D eigenvalue weighted by Crippen LogP contribution is 2.19. The summed E-state index contributed by atoms with van der Waals surface area (Å²) in [7, 11) is 1.97. The minimum absolute atomic E-state index is 0.538. The van der Waals surface area contributed by atoms with Crippen molar-refractivity contribution in [3.63, 3.8) is 0 Å². The Labute approximate surface area is 119 Å². The minimum atomic E-state index is 0.538. The lowest BCUT2D eigenvalue weighted by Crippen LogP contribution is -2.10. The molecule has 0 radical (unpaired) electrons. The highest BCUT2D eigenvalue weighted by Gasteiger charge is 2.15. The Hall–Kier alpha value is -1.29. The molecule has 2 heterocycles. The second-order valence-corrected chi connectivity index (χ2v) is 5.04. The molecule has 0 saturated heterocycles. The Kier molecular flexibility index (Phi) is 4.30. The van der Waals surface area contributed by atoms with Crippen LogP contribution >= 0.6 is 11.6 Å². The van der Waals surface area contributed by atoms with Gasteiger partial charge in [0.2, 0.25) is 0 Å². The van der Waals surface area contributed by atoms with E-state index in [-0.39, 0.29) is 0 Å². The summed E-state index contributed by atoms with van der Waals surface area (Å²) in [6.07, 6.45) is 1.87. The molecule has 104 valence electrons. The average Bonchev–Trinajstić information content (AvgIpc) is 2.89. The molecule has 2 rings (SSSR count). The third kappa shape index (κ3) is 2.68. The van der Waals surface area contributed by atoms with E-state index in [4.69, 9.17) is 16.7 Å². The van der Waals surface area contributed by atoms with Crippen LogP contribution in [0.25, 0.3) is 0 Å². The van der Waals surface area contributed by atoms with Crippen molar-refractivity contribution in [3.8, 4) is 0 Å². The van der Waals surface area contributed by atoms with Crippen molar-refractivity contribution in [2.75, 3.05) is 0 Å². The van der Waals surface area contributed by atoms with E-state index in [0.717, 1.165) is 30.8 Å². The predicted octanol–water partition coefficient (Wildman–Crippen LogP) is 2.84. The van der Waals surface area contributed by atoms with Gasteiger partial charge in [-0.05, 0) is 25.8 Å². The van der Waals surface area contributed by atoms with E-state index in [1.54, 1.807) is 0 Å². The lowest BCUT2D eigenvalue weighted by Gasteiger charge is -2.07. The van der Waals surface area contributed by atoms with Crippen LogP contribution in [-0.2, 0) is 32.3 Å². The first-order chi connectivity index (χ1) is 9.10. The Morgan fingerprint density at radius 1 is 1.21 bits per heavy atom. The van der Waals surface area contributed by atoms with E-state index in [1.807, 2.05) is 18.7 Å². The zero-order valence-corrected chi connectivity index (χ0v) is 12.8. The SMILES string of the molecule is CCc1nn(Cc2cc(C)nn2C)c(CC)c1CCl. The van der Waals surface area contributed by atoms with E-state index in [0.29, 0.717) is 5.88 Å². The third-order valence-electron chi connectivity index (χ3n) is 3.46. The molecule has 0 unspecified atom stereocenters. The van der Waals surface area contributed by atoms with Crippen LogP contribution in [0.5, 0.6) is 0 Å². The summed E-state index contributed by atoms with van der Waals surface area (Å²) in [6, 6.07) is 2.10. The fourth-order valence-electron chi connectivity index (χ4n) is 2.52. The van der Waals surface area contributed by atoms with Crippen molar-refractivity contribution in [3.05, 3.63) is 34.4 Å². The van der Waals surface area contributed by atoms with Crippen LogP contribution in [0.1, 0.15) is 42.2 Å². The monoisotopic (exact) mass is 280 g/mol. The summed E-state index contributed by atoms with van der Waals surface area (Å²) in [5.74, 6) is 0.538. The van der Waals surface area contributed by atoms with Gasteiger partial charge in [-0.2, -0.15) is 10.2 Å². The quantitative estimate of drug-likeness (QED) is 0.790. The maximum absolute atomic E-state index is 6.08. The molecule has 0 aliphatic heterocycles. The molecule has 0 bridgehead atoms. The molecule has 0 aliphatic carbocycles. The largest absolute Gasteiger partial charge is 0.270 e.